The summed E-state index contributed by atoms with van der Waals surface area (Å²) in [6, 6.07) is -0.382. The number of rotatable bonds is 5. The van der Waals surface area contributed by atoms with Crippen LogP contribution in [0.1, 0.15) is 6.42 Å². The zero-order valence-electron chi connectivity index (χ0n) is 7.16. The fourth-order valence-electron chi connectivity index (χ4n) is 0.627. The maximum absolute atomic E-state index is 10.4. The monoisotopic (exact) mass is 233 g/mol. The molecule has 0 aromatic rings. The molecule has 0 aliphatic heterocycles. The summed E-state index contributed by atoms with van der Waals surface area (Å²) < 4.78 is 0. The smallest absolute Gasteiger partial charge is 0.320 e. The van der Waals surface area contributed by atoms with E-state index in [1.807, 2.05) is 6.26 Å². The van der Waals surface area contributed by atoms with Gasteiger partial charge in [-0.2, -0.15) is 25.3 Å². The highest BCUT2D eigenvalue weighted by Crippen LogP contribution is 1.99. The maximum Gasteiger partial charge on any atom is 0.320 e. The number of thioether (sulfide) groups is 1. The van der Waals surface area contributed by atoms with Gasteiger partial charge in [0.25, 0.3) is 0 Å². The Morgan fingerprint density at radius 2 is 2.17 bits per heavy atom. The van der Waals surface area contributed by atoms with Gasteiger partial charge < -0.3 is 10.4 Å². The highest BCUT2D eigenvalue weighted by Gasteiger charge is 2.12. The molecule has 0 rings (SSSR count). The Kier molecular flexibility index (Phi) is 17.4. The van der Waals surface area contributed by atoms with E-state index in [1.165, 1.54) is 0 Å². The van der Waals surface area contributed by atoms with Crippen LogP contribution in [0, 0.1) is 0 Å². The fourth-order valence-corrected chi connectivity index (χ4v) is 1.10. The summed E-state index contributed by atoms with van der Waals surface area (Å²) in [5.74, 6) is 0.120. The normalized spacial score (nSPS) is 10.8. The highest BCUT2D eigenvalue weighted by atomic mass is 35.5. The summed E-state index contributed by atoms with van der Waals surface area (Å²) in [7, 11) is 1.67. The predicted octanol–water partition coefficient (Wildman–Crippen LogP) is 0.947. The topological polar surface area (TPSA) is 49.3 Å². The Hall–Kier alpha value is 0.420. The van der Waals surface area contributed by atoms with E-state index in [1.54, 1.807) is 18.8 Å². The molecule has 0 aromatic carbocycles. The lowest BCUT2D eigenvalue weighted by atomic mass is 10.2. The average Bonchev–Trinajstić information content (AvgIpc) is 1.89. The largest absolute Gasteiger partial charge is 0.480 e. The minimum absolute atomic E-state index is 0. The Bertz CT molecular complexity index is 116. The van der Waals surface area contributed by atoms with Crippen molar-refractivity contribution in [2.24, 2.45) is 0 Å². The first kappa shape index (κ1) is 18.3. The van der Waals surface area contributed by atoms with E-state index < -0.39 is 5.97 Å². The van der Waals surface area contributed by atoms with Gasteiger partial charge in [0.1, 0.15) is 6.04 Å². The number of aliphatic carboxylic acids is 1. The van der Waals surface area contributed by atoms with Crippen molar-refractivity contribution in [3.63, 3.8) is 0 Å². The van der Waals surface area contributed by atoms with Crippen molar-refractivity contribution in [2.45, 2.75) is 12.5 Å². The molecule has 0 amide bonds. The first-order chi connectivity index (χ1) is 4.72. The lowest BCUT2D eigenvalue weighted by Gasteiger charge is -2.08. The SMILES string of the molecule is CNC(CCSC)C(=O)O.Cl.S. The zero-order chi connectivity index (χ0) is 7.98. The summed E-state index contributed by atoms with van der Waals surface area (Å²) in [5, 5.41) is 11.3. The number of halogens is 1. The molecule has 2 N–H and O–H groups in total. The molecular formula is C6H16ClNO2S2. The third-order valence-electron chi connectivity index (χ3n) is 1.26. The van der Waals surface area contributed by atoms with Crippen molar-refractivity contribution in [2.75, 3.05) is 19.1 Å². The van der Waals surface area contributed by atoms with Crippen LogP contribution in [0.4, 0.5) is 0 Å². The number of carboxylic acids is 1. The van der Waals surface area contributed by atoms with Crippen LogP contribution in [0.15, 0.2) is 0 Å². The van der Waals surface area contributed by atoms with E-state index in [2.05, 4.69) is 5.32 Å². The third-order valence-corrected chi connectivity index (χ3v) is 1.90. The summed E-state index contributed by atoms with van der Waals surface area (Å²) >= 11 is 1.66. The van der Waals surface area contributed by atoms with Gasteiger partial charge in [-0.1, -0.05) is 0 Å². The van der Waals surface area contributed by atoms with Gasteiger partial charge in [-0.3, -0.25) is 4.79 Å². The quantitative estimate of drug-likeness (QED) is 0.743. The molecule has 0 aliphatic rings. The fraction of sp³-hybridized carbons (Fsp3) is 0.833. The predicted molar refractivity (Wildman–Crippen MR) is 61.1 cm³/mol. The van der Waals surface area contributed by atoms with Crippen molar-refractivity contribution >= 4 is 43.6 Å². The van der Waals surface area contributed by atoms with Gasteiger partial charge >= 0.3 is 5.97 Å². The van der Waals surface area contributed by atoms with E-state index in [4.69, 9.17) is 5.11 Å². The standard InChI is InChI=1S/C6H13NO2S.ClH.H2S/c1-7-5(6(8)9)3-4-10-2;;/h5,7H,3-4H2,1-2H3,(H,8,9);1H;1H2. The van der Waals surface area contributed by atoms with Gasteiger partial charge in [-0.05, 0) is 25.5 Å². The second-order valence-corrected chi connectivity index (χ2v) is 2.95. The first-order valence-corrected chi connectivity index (χ1v) is 4.50. The number of carboxylic acid groups (broad SMARTS) is 1. The van der Waals surface area contributed by atoms with Crippen LogP contribution in [-0.2, 0) is 4.79 Å². The molecule has 0 fully saturated rings. The second-order valence-electron chi connectivity index (χ2n) is 1.96. The van der Waals surface area contributed by atoms with Crippen molar-refractivity contribution in [3.8, 4) is 0 Å². The number of likely N-dealkylation sites (N-methyl/N-ethyl adjacent to an activating group) is 1. The average molecular weight is 234 g/mol. The summed E-state index contributed by atoms with van der Waals surface area (Å²) in [4.78, 5) is 10.4. The summed E-state index contributed by atoms with van der Waals surface area (Å²) in [6.45, 7) is 0. The zero-order valence-corrected chi connectivity index (χ0v) is 9.80. The highest BCUT2D eigenvalue weighted by molar-refractivity contribution is 7.98. The van der Waals surface area contributed by atoms with Gasteiger partial charge in [0.15, 0.2) is 0 Å². The third kappa shape index (κ3) is 8.52. The summed E-state index contributed by atoms with van der Waals surface area (Å²) in [6.07, 6.45) is 2.65. The van der Waals surface area contributed by atoms with Crippen LogP contribution in [-0.4, -0.2) is 36.2 Å². The van der Waals surface area contributed by atoms with E-state index in [-0.39, 0.29) is 31.9 Å². The van der Waals surface area contributed by atoms with Crippen molar-refractivity contribution < 1.29 is 9.90 Å². The number of carbonyl (C=O) groups is 1. The minimum Gasteiger partial charge on any atom is -0.480 e. The van der Waals surface area contributed by atoms with Gasteiger partial charge in [-0.15, -0.1) is 12.4 Å². The van der Waals surface area contributed by atoms with Gasteiger partial charge in [0.05, 0.1) is 0 Å². The van der Waals surface area contributed by atoms with E-state index in [9.17, 15) is 4.79 Å². The molecular weight excluding hydrogens is 218 g/mol. The van der Waals surface area contributed by atoms with Gasteiger partial charge in [0.2, 0.25) is 0 Å². The van der Waals surface area contributed by atoms with Crippen LogP contribution >= 0.6 is 37.7 Å². The Morgan fingerprint density at radius 3 is 2.42 bits per heavy atom. The molecule has 0 spiro atoms. The van der Waals surface area contributed by atoms with Crippen LogP contribution in [0.5, 0.6) is 0 Å². The summed E-state index contributed by atoms with van der Waals surface area (Å²) in [5.41, 5.74) is 0. The molecule has 0 radical (unpaired) electrons. The second kappa shape index (κ2) is 11.4. The number of nitrogens with one attached hydrogen (secondary N) is 1. The van der Waals surface area contributed by atoms with E-state index in [0.717, 1.165) is 5.75 Å². The van der Waals surface area contributed by atoms with Crippen molar-refractivity contribution in [1.82, 2.24) is 5.32 Å². The molecule has 0 aliphatic carbocycles. The molecule has 3 nitrogen and oxygen atoms in total. The first-order valence-electron chi connectivity index (χ1n) is 3.11. The maximum atomic E-state index is 10.4. The molecule has 12 heavy (non-hydrogen) atoms. The molecule has 1 atom stereocenters. The van der Waals surface area contributed by atoms with Crippen LogP contribution in [0.2, 0.25) is 0 Å². The van der Waals surface area contributed by atoms with Crippen molar-refractivity contribution in [1.29, 1.82) is 0 Å². The van der Waals surface area contributed by atoms with E-state index in [0.29, 0.717) is 6.42 Å². The minimum atomic E-state index is -0.767. The Labute approximate surface area is 90.5 Å². The molecule has 6 heteroatoms. The van der Waals surface area contributed by atoms with Gasteiger partial charge in [0, 0.05) is 0 Å². The molecule has 76 valence electrons. The Balaban J connectivity index is -0.000000405. The molecule has 1 unspecified atom stereocenters. The number of hydrogen-bond donors (Lipinski definition) is 2. The molecule has 0 aromatic heterocycles. The van der Waals surface area contributed by atoms with Crippen LogP contribution in [0.25, 0.3) is 0 Å². The molecule has 0 heterocycles. The lowest BCUT2D eigenvalue weighted by Crippen LogP contribution is -2.34. The van der Waals surface area contributed by atoms with Crippen LogP contribution in [0.3, 0.4) is 0 Å². The lowest BCUT2D eigenvalue weighted by molar-refractivity contribution is -0.139. The molecule has 0 saturated carbocycles. The molecule has 0 bridgehead atoms. The van der Waals surface area contributed by atoms with Gasteiger partial charge in [-0.25, -0.2) is 0 Å². The van der Waals surface area contributed by atoms with E-state index >= 15 is 0 Å². The van der Waals surface area contributed by atoms with Crippen molar-refractivity contribution in [3.05, 3.63) is 0 Å². The van der Waals surface area contributed by atoms with Crippen LogP contribution < -0.4 is 5.32 Å². The Morgan fingerprint density at radius 1 is 1.67 bits per heavy atom. The molecule has 0 saturated heterocycles. The number of hydrogen-bond acceptors (Lipinski definition) is 3.